The number of rotatable bonds is 8. The lowest BCUT2D eigenvalue weighted by molar-refractivity contribution is -0.123. The highest BCUT2D eigenvalue weighted by atomic mass is 127. The Labute approximate surface area is 219 Å². The zero-order valence-electron chi connectivity index (χ0n) is 18.8. The molecule has 2 heterocycles. The number of carbonyl (C=O) groups is 3. The Hall–Kier alpha value is -3.25. The summed E-state index contributed by atoms with van der Waals surface area (Å²) in [6.45, 7) is 0.295. The summed E-state index contributed by atoms with van der Waals surface area (Å²) in [6, 6.07) is 16.3. The van der Waals surface area contributed by atoms with Gasteiger partial charge in [-0.1, -0.05) is 18.2 Å². The molecule has 2 amide bonds. The van der Waals surface area contributed by atoms with Gasteiger partial charge in [-0.25, -0.2) is 4.79 Å². The predicted octanol–water partition coefficient (Wildman–Crippen LogP) is 5.49. The maximum atomic E-state index is 12.9. The van der Waals surface area contributed by atoms with Crippen molar-refractivity contribution >= 4 is 57.5 Å². The Bertz CT molecular complexity index is 1300. The molecule has 0 unspecified atom stereocenters. The fourth-order valence-corrected chi connectivity index (χ4v) is 4.45. The molecular formula is C25H20INO7S. The summed E-state index contributed by atoms with van der Waals surface area (Å²) in [5, 5.41) is -0.429. The molecule has 0 atom stereocenters. The summed E-state index contributed by atoms with van der Waals surface area (Å²) in [4.78, 5) is 38.2. The molecule has 3 aromatic rings. The number of imide groups is 1. The third-order valence-electron chi connectivity index (χ3n) is 5.03. The largest absolute Gasteiger partial charge is 0.493 e. The van der Waals surface area contributed by atoms with E-state index in [1.165, 1.54) is 26.4 Å². The van der Waals surface area contributed by atoms with E-state index >= 15 is 0 Å². The molecule has 0 spiro atoms. The number of carbonyl (C=O) groups excluding carboxylic acids is 3. The lowest BCUT2D eigenvalue weighted by Gasteiger charge is -2.12. The molecular weight excluding hydrogens is 585 g/mol. The van der Waals surface area contributed by atoms with Gasteiger partial charge in [0.25, 0.3) is 11.1 Å². The van der Waals surface area contributed by atoms with Crippen molar-refractivity contribution in [2.45, 2.75) is 13.2 Å². The fourth-order valence-electron chi connectivity index (χ4n) is 3.25. The average molecular weight is 605 g/mol. The van der Waals surface area contributed by atoms with E-state index in [1.807, 2.05) is 24.3 Å². The molecule has 0 radical (unpaired) electrons. The van der Waals surface area contributed by atoms with Crippen LogP contribution in [0.5, 0.6) is 11.5 Å². The van der Waals surface area contributed by atoms with Gasteiger partial charge in [-0.15, -0.1) is 0 Å². The van der Waals surface area contributed by atoms with E-state index in [9.17, 15) is 14.4 Å². The Morgan fingerprint density at radius 3 is 2.54 bits per heavy atom. The van der Waals surface area contributed by atoms with Crippen molar-refractivity contribution in [1.82, 2.24) is 4.90 Å². The zero-order valence-corrected chi connectivity index (χ0v) is 21.8. The number of hydrogen-bond donors (Lipinski definition) is 0. The van der Waals surface area contributed by atoms with Gasteiger partial charge in [-0.3, -0.25) is 14.5 Å². The van der Waals surface area contributed by atoms with Crippen LogP contribution in [0.3, 0.4) is 0 Å². The Kier molecular flexibility index (Phi) is 7.81. The van der Waals surface area contributed by atoms with Crippen LogP contribution in [0.4, 0.5) is 4.79 Å². The second-order valence-corrected chi connectivity index (χ2v) is 9.59. The summed E-state index contributed by atoms with van der Waals surface area (Å²) in [7, 11) is 2.78. The fraction of sp³-hybridized carbons (Fsp3) is 0.160. The average Bonchev–Trinajstić information content (AvgIpc) is 3.44. The van der Waals surface area contributed by atoms with Gasteiger partial charge in [0.05, 0.1) is 25.7 Å². The molecule has 1 aliphatic rings. The van der Waals surface area contributed by atoms with Crippen molar-refractivity contribution in [3.8, 4) is 11.5 Å². The van der Waals surface area contributed by atoms with Crippen LogP contribution < -0.4 is 9.47 Å². The summed E-state index contributed by atoms with van der Waals surface area (Å²) < 4.78 is 22.5. The highest BCUT2D eigenvalue weighted by Crippen LogP contribution is 2.35. The van der Waals surface area contributed by atoms with Crippen molar-refractivity contribution in [3.05, 3.63) is 85.7 Å². The van der Waals surface area contributed by atoms with E-state index in [-0.39, 0.29) is 17.2 Å². The van der Waals surface area contributed by atoms with Crippen molar-refractivity contribution in [2.24, 2.45) is 0 Å². The minimum absolute atomic E-state index is 0.00133. The summed E-state index contributed by atoms with van der Waals surface area (Å²) in [5.41, 5.74) is 1.71. The van der Waals surface area contributed by atoms with Gasteiger partial charge >= 0.3 is 5.97 Å². The first-order chi connectivity index (χ1) is 16.9. The minimum atomic E-state index is -0.634. The van der Waals surface area contributed by atoms with E-state index in [0.29, 0.717) is 29.4 Å². The summed E-state index contributed by atoms with van der Waals surface area (Å²) in [6.07, 6.45) is 1.62. The summed E-state index contributed by atoms with van der Waals surface area (Å²) in [5.74, 6) is 0.288. The van der Waals surface area contributed by atoms with Gasteiger partial charge in [0, 0.05) is 3.57 Å². The summed E-state index contributed by atoms with van der Waals surface area (Å²) >= 11 is 3.08. The Morgan fingerprint density at radius 1 is 1.06 bits per heavy atom. The van der Waals surface area contributed by atoms with Crippen LogP contribution in [0.1, 0.15) is 27.4 Å². The smallest absolute Gasteiger partial charge is 0.373 e. The molecule has 0 bridgehead atoms. The minimum Gasteiger partial charge on any atom is -0.493 e. The monoisotopic (exact) mass is 605 g/mol. The van der Waals surface area contributed by atoms with Gasteiger partial charge in [0.15, 0.2) is 11.5 Å². The number of esters is 1. The quantitative estimate of drug-likeness (QED) is 0.189. The number of ether oxygens (including phenoxy) is 3. The van der Waals surface area contributed by atoms with Crippen LogP contribution in [0.25, 0.3) is 6.08 Å². The van der Waals surface area contributed by atoms with Gasteiger partial charge in [-0.05, 0) is 88.0 Å². The van der Waals surface area contributed by atoms with E-state index < -0.39 is 17.1 Å². The molecule has 1 saturated heterocycles. The zero-order chi connectivity index (χ0) is 24.9. The normalized spacial score (nSPS) is 14.5. The molecule has 10 heteroatoms. The van der Waals surface area contributed by atoms with Crippen molar-refractivity contribution in [2.75, 3.05) is 14.2 Å². The number of methoxy groups -OCH3 is 2. The molecule has 35 heavy (non-hydrogen) atoms. The molecule has 1 aromatic heterocycles. The van der Waals surface area contributed by atoms with E-state index in [0.717, 1.165) is 25.8 Å². The lowest BCUT2D eigenvalue weighted by atomic mass is 10.1. The maximum absolute atomic E-state index is 12.9. The molecule has 180 valence electrons. The van der Waals surface area contributed by atoms with E-state index in [1.54, 1.807) is 24.3 Å². The van der Waals surface area contributed by atoms with Crippen molar-refractivity contribution in [3.63, 3.8) is 0 Å². The molecule has 2 aromatic carbocycles. The molecule has 0 N–H and O–H groups in total. The second-order valence-electron chi connectivity index (χ2n) is 7.35. The first-order valence-electron chi connectivity index (χ1n) is 10.4. The van der Waals surface area contributed by atoms with Crippen LogP contribution in [-0.2, 0) is 22.7 Å². The molecule has 0 saturated carbocycles. The van der Waals surface area contributed by atoms with E-state index in [2.05, 4.69) is 27.3 Å². The second kappa shape index (κ2) is 11.0. The molecule has 4 rings (SSSR count). The van der Waals surface area contributed by atoms with Gasteiger partial charge in [-0.2, -0.15) is 0 Å². The topological polar surface area (TPSA) is 95.3 Å². The first kappa shape index (κ1) is 24.9. The number of nitrogens with zero attached hydrogens (tertiary/aromatic N) is 1. The molecule has 1 aliphatic heterocycles. The molecule has 1 fully saturated rings. The number of furan rings is 1. The third-order valence-corrected chi connectivity index (χ3v) is 6.66. The molecule has 0 aliphatic carbocycles. The van der Waals surface area contributed by atoms with Gasteiger partial charge in [0.2, 0.25) is 5.76 Å². The third kappa shape index (κ3) is 5.88. The van der Waals surface area contributed by atoms with Crippen molar-refractivity contribution in [1.29, 1.82) is 0 Å². The highest BCUT2D eigenvalue weighted by molar-refractivity contribution is 14.1. The number of hydrogen-bond acceptors (Lipinski definition) is 8. The highest BCUT2D eigenvalue weighted by Gasteiger charge is 2.35. The maximum Gasteiger partial charge on any atom is 0.373 e. The Morgan fingerprint density at radius 2 is 1.83 bits per heavy atom. The predicted molar refractivity (Wildman–Crippen MR) is 138 cm³/mol. The van der Waals surface area contributed by atoms with Crippen LogP contribution >= 0.6 is 34.4 Å². The SMILES string of the molecule is COC(=O)c1ccc(CN2C(=O)S/C(=C/c3ccc(OCc4ccc(I)cc4)c(OC)c3)C2=O)o1. The Balaban J connectivity index is 1.46. The van der Waals surface area contributed by atoms with Crippen LogP contribution in [0.2, 0.25) is 0 Å². The standard InChI is InChI=1S/C25H20INO7S/c1-31-21-11-16(5-9-19(21)33-14-15-3-6-17(26)7-4-15)12-22-23(28)27(25(30)35-22)13-18-8-10-20(34-18)24(29)32-2/h3-12H,13-14H2,1-2H3/b22-12+. The lowest BCUT2D eigenvalue weighted by Crippen LogP contribution is -2.27. The number of amides is 2. The van der Waals surface area contributed by atoms with Crippen LogP contribution in [-0.4, -0.2) is 36.2 Å². The first-order valence-corrected chi connectivity index (χ1v) is 12.2. The van der Waals surface area contributed by atoms with Gasteiger partial charge < -0.3 is 18.6 Å². The number of thioether (sulfide) groups is 1. The number of benzene rings is 2. The van der Waals surface area contributed by atoms with Gasteiger partial charge in [0.1, 0.15) is 12.4 Å². The van der Waals surface area contributed by atoms with Crippen LogP contribution in [0, 0.1) is 3.57 Å². The number of halogens is 1. The molecule has 8 nitrogen and oxygen atoms in total. The van der Waals surface area contributed by atoms with Crippen LogP contribution in [0.15, 0.2) is 63.9 Å². The van der Waals surface area contributed by atoms with E-state index in [4.69, 9.17) is 13.9 Å². The van der Waals surface area contributed by atoms with Crippen molar-refractivity contribution < 1.29 is 33.0 Å².